The summed E-state index contributed by atoms with van der Waals surface area (Å²) in [6.45, 7) is 22.8. The summed E-state index contributed by atoms with van der Waals surface area (Å²) in [6, 6.07) is 0.758. The molecule has 2 unspecified atom stereocenters. The maximum Gasteiger partial charge on any atom is 0.410 e. The summed E-state index contributed by atoms with van der Waals surface area (Å²) in [5, 5.41) is 11.9. The van der Waals surface area contributed by atoms with Crippen molar-refractivity contribution in [2.24, 2.45) is 0 Å². The van der Waals surface area contributed by atoms with Crippen molar-refractivity contribution in [2.75, 3.05) is 132 Å². The number of aliphatic hydroxyl groups excluding tert-OH is 1. The van der Waals surface area contributed by atoms with Gasteiger partial charge in [0.2, 0.25) is 0 Å². The third-order valence-corrected chi connectivity index (χ3v) is 15.5. The van der Waals surface area contributed by atoms with Crippen LogP contribution in [-0.2, 0) is 46.1 Å². The maximum absolute atomic E-state index is 11.0. The van der Waals surface area contributed by atoms with Gasteiger partial charge < -0.3 is 61.3 Å². The Hall–Kier alpha value is 0.0906. The van der Waals surface area contributed by atoms with E-state index in [0.717, 1.165) is 32.0 Å². The number of nitrogens with one attached hydrogen (secondary N) is 2. The minimum atomic E-state index is -3.05. The van der Waals surface area contributed by atoms with Crippen molar-refractivity contribution in [1.29, 1.82) is 0 Å². The largest absolute Gasteiger partial charge is 0.437 e. The molecule has 17 heteroatoms. The molecule has 0 heterocycles. The molecule has 0 saturated carbocycles. The van der Waals surface area contributed by atoms with Gasteiger partial charge >= 0.3 is 17.3 Å². The van der Waals surface area contributed by atoms with Crippen molar-refractivity contribution in [3.63, 3.8) is 0 Å². The van der Waals surface area contributed by atoms with Gasteiger partial charge in [-0.15, -0.1) is 0 Å². The Morgan fingerprint density at radius 2 is 0.891 bits per heavy atom. The first-order valence-corrected chi connectivity index (χ1v) is 25.1. The molecular weight excluding hydrogens is 653 g/mol. The first-order valence-electron chi connectivity index (χ1n) is 16.8. The first-order chi connectivity index (χ1) is 22.0. The topological polar surface area (TPSA) is 157 Å². The minimum absolute atomic E-state index is 0.0240. The number of aliphatic hydroxyl groups is 1. The summed E-state index contributed by atoms with van der Waals surface area (Å²) in [5.41, 5.74) is 0. The van der Waals surface area contributed by atoms with Crippen LogP contribution in [0.1, 0.15) is 19.8 Å². The normalized spacial score (nSPS) is 14.9. The van der Waals surface area contributed by atoms with Crippen LogP contribution in [0.2, 0.25) is 38.8 Å². The van der Waals surface area contributed by atoms with Gasteiger partial charge in [0.25, 0.3) is 0 Å². The highest BCUT2D eigenvalue weighted by Gasteiger charge is 2.43. The molecule has 0 aliphatic heterocycles. The van der Waals surface area contributed by atoms with Crippen LogP contribution in [0.25, 0.3) is 0 Å². The second-order valence-electron chi connectivity index (χ2n) is 11.8. The van der Waals surface area contributed by atoms with Gasteiger partial charge in [0.1, 0.15) is 0 Å². The van der Waals surface area contributed by atoms with Gasteiger partial charge in [-0.3, -0.25) is 4.98 Å². The van der Waals surface area contributed by atoms with E-state index in [0.29, 0.717) is 112 Å². The van der Waals surface area contributed by atoms with E-state index in [2.05, 4.69) is 43.4 Å². The average molecular weight is 721 g/mol. The zero-order valence-corrected chi connectivity index (χ0v) is 32.7. The minimum Gasteiger partial charge on any atom is -0.437 e. The maximum atomic E-state index is 11.0. The third kappa shape index (κ3) is 34.0. The molecule has 0 bridgehead atoms. The van der Waals surface area contributed by atoms with E-state index in [1.54, 1.807) is 6.55 Å². The number of hydrogen-bond acceptors (Lipinski definition) is 14. The van der Waals surface area contributed by atoms with E-state index in [9.17, 15) is 4.80 Å². The molecule has 278 valence electrons. The fraction of sp³-hybridized carbons (Fsp3) is 1.00. The molecule has 0 aliphatic carbocycles. The molecule has 0 radical (unpaired) electrons. The zero-order valence-electron chi connectivity index (χ0n) is 29.7. The molecule has 0 saturated heterocycles. The fourth-order valence-corrected chi connectivity index (χ4v) is 15.7. The van der Waals surface area contributed by atoms with Crippen LogP contribution < -0.4 is 10.3 Å². The van der Waals surface area contributed by atoms with Crippen LogP contribution in [0.5, 0.6) is 0 Å². The van der Waals surface area contributed by atoms with E-state index < -0.39 is 25.6 Å². The van der Waals surface area contributed by atoms with Gasteiger partial charge in [0, 0.05) is 19.7 Å². The molecule has 0 aromatic carbocycles. The Balaban J connectivity index is 3.66. The van der Waals surface area contributed by atoms with Crippen LogP contribution in [0.4, 0.5) is 0 Å². The van der Waals surface area contributed by atoms with Crippen molar-refractivity contribution < 1.29 is 56.0 Å². The summed E-state index contributed by atoms with van der Waals surface area (Å²) in [7, 11) is -7.49. The molecule has 4 N–H and O–H groups in total. The van der Waals surface area contributed by atoms with E-state index in [1.165, 1.54) is 0 Å². The van der Waals surface area contributed by atoms with Gasteiger partial charge in [-0.25, -0.2) is 0 Å². The second kappa shape index (κ2) is 31.1. The van der Waals surface area contributed by atoms with Crippen LogP contribution in [0.3, 0.4) is 0 Å². The van der Waals surface area contributed by atoms with Gasteiger partial charge in [0.15, 0.2) is 8.32 Å². The SMILES string of the molecule is CCCNCCN[Si](C)(O)O[Si](C)(CCCOCCOCCOCCOCCOCCOCCOCCOCCO)O[Si](C)(C)C. The Kier molecular flexibility index (Phi) is 31.2. The lowest BCUT2D eigenvalue weighted by atomic mass is 10.5. The predicted octanol–water partition coefficient (Wildman–Crippen LogP) is 1.59. The van der Waals surface area contributed by atoms with Crippen molar-refractivity contribution in [1.82, 2.24) is 10.3 Å². The van der Waals surface area contributed by atoms with Crippen LogP contribution in [-0.4, -0.2) is 167 Å². The van der Waals surface area contributed by atoms with Crippen molar-refractivity contribution >= 4 is 25.6 Å². The quantitative estimate of drug-likeness (QED) is 0.0542. The summed E-state index contributed by atoms with van der Waals surface area (Å²) in [4.78, 5) is 14.2. The highest BCUT2D eigenvalue weighted by Crippen LogP contribution is 2.24. The van der Waals surface area contributed by atoms with Crippen molar-refractivity contribution in [2.45, 2.75) is 58.5 Å². The summed E-state index contributed by atoms with van der Waals surface area (Å²) >= 11 is 0. The third-order valence-electron chi connectivity index (χ3n) is 5.88. The Morgan fingerprint density at radius 3 is 1.26 bits per heavy atom. The van der Waals surface area contributed by atoms with Crippen LogP contribution in [0.15, 0.2) is 0 Å². The summed E-state index contributed by atoms with van der Waals surface area (Å²) in [6.07, 6.45) is 1.89. The number of hydrogen-bond donors (Lipinski definition) is 4. The first kappa shape index (κ1) is 46.1. The zero-order chi connectivity index (χ0) is 34.2. The van der Waals surface area contributed by atoms with E-state index in [-0.39, 0.29) is 6.61 Å². The van der Waals surface area contributed by atoms with E-state index in [4.69, 9.17) is 51.2 Å². The molecule has 0 rings (SSSR count). The Bertz CT molecular complexity index is 657. The molecular formula is C29H68N2O12Si3. The lowest BCUT2D eigenvalue weighted by Crippen LogP contribution is -2.61. The van der Waals surface area contributed by atoms with Gasteiger partial charge in [-0.1, -0.05) is 6.92 Å². The van der Waals surface area contributed by atoms with E-state index in [1.807, 2.05) is 0 Å². The molecule has 2 atom stereocenters. The van der Waals surface area contributed by atoms with Gasteiger partial charge in [-0.05, 0) is 58.2 Å². The molecule has 0 fully saturated rings. The Labute approximate surface area is 282 Å². The molecule has 0 amide bonds. The molecule has 0 aromatic heterocycles. The van der Waals surface area contributed by atoms with Crippen molar-refractivity contribution in [3.8, 4) is 0 Å². The number of ether oxygens (including phenoxy) is 8. The smallest absolute Gasteiger partial charge is 0.410 e. The highest BCUT2D eigenvalue weighted by molar-refractivity contribution is 6.86. The van der Waals surface area contributed by atoms with Gasteiger partial charge in [0.05, 0.1) is 106 Å². The highest BCUT2D eigenvalue weighted by atomic mass is 28.5. The van der Waals surface area contributed by atoms with Gasteiger partial charge in [-0.2, -0.15) is 0 Å². The molecule has 46 heavy (non-hydrogen) atoms. The van der Waals surface area contributed by atoms with Crippen LogP contribution in [0, 0.1) is 0 Å². The van der Waals surface area contributed by atoms with Crippen molar-refractivity contribution in [3.05, 3.63) is 0 Å². The average Bonchev–Trinajstić information content (AvgIpc) is 2.97. The lowest BCUT2D eigenvalue weighted by molar-refractivity contribution is -0.0238. The van der Waals surface area contributed by atoms with Crippen LogP contribution >= 0.6 is 0 Å². The molecule has 0 aliphatic rings. The standard InChI is InChI=1S/C29H68N2O12Si3/c1-7-9-30-10-11-31-46(6,33)43-45(5,42-44(2,3)4)29-8-13-34-15-17-36-19-21-38-23-25-40-27-28-41-26-24-39-22-20-37-18-16-35-14-12-32/h30-33H,7-29H2,1-6H3. The summed E-state index contributed by atoms with van der Waals surface area (Å²) in [5.74, 6) is 0. The summed E-state index contributed by atoms with van der Waals surface area (Å²) < 4.78 is 56.5. The fourth-order valence-electron chi connectivity index (χ4n) is 4.11. The Morgan fingerprint density at radius 1 is 0.500 bits per heavy atom. The molecule has 0 spiro atoms. The molecule has 0 aromatic rings. The second-order valence-corrected chi connectivity index (χ2v) is 22.8. The predicted molar refractivity (Wildman–Crippen MR) is 185 cm³/mol. The van der Waals surface area contributed by atoms with E-state index >= 15 is 0 Å². The number of rotatable bonds is 37. The lowest BCUT2D eigenvalue weighted by Gasteiger charge is -2.38. The monoisotopic (exact) mass is 720 g/mol. The molecule has 14 nitrogen and oxygen atoms in total.